The van der Waals surface area contributed by atoms with Crippen molar-refractivity contribution < 1.29 is 4.79 Å². The average molecular weight is 395 g/mol. The number of halogens is 1. The largest absolute Gasteiger partial charge is 0.352 e. The van der Waals surface area contributed by atoms with E-state index >= 15 is 0 Å². The molecule has 4 bridgehead atoms. The van der Waals surface area contributed by atoms with Crippen LogP contribution in [0.1, 0.15) is 43.2 Å². The summed E-state index contributed by atoms with van der Waals surface area (Å²) in [5.41, 5.74) is 2.38. The molecule has 4 fully saturated rings. The zero-order chi connectivity index (χ0) is 19.1. The van der Waals surface area contributed by atoms with E-state index in [0.29, 0.717) is 18.4 Å². The molecule has 1 aromatic carbocycles. The second-order valence-corrected chi connectivity index (χ2v) is 9.72. The highest BCUT2D eigenvalue weighted by Gasteiger charge is 2.57. The van der Waals surface area contributed by atoms with Crippen LogP contribution >= 0.6 is 11.6 Å². The second-order valence-electron chi connectivity index (χ2n) is 9.28. The first kappa shape index (κ1) is 18.2. The zero-order valence-electron chi connectivity index (χ0n) is 16.1. The van der Waals surface area contributed by atoms with Crippen LogP contribution in [0.3, 0.4) is 0 Å². The number of pyridine rings is 1. The Morgan fingerprint density at radius 2 is 1.68 bits per heavy atom. The van der Waals surface area contributed by atoms with Gasteiger partial charge in [0, 0.05) is 29.4 Å². The van der Waals surface area contributed by atoms with Crippen molar-refractivity contribution in [3.05, 3.63) is 64.9 Å². The molecule has 28 heavy (non-hydrogen) atoms. The highest BCUT2D eigenvalue weighted by molar-refractivity contribution is 6.30. The monoisotopic (exact) mass is 394 g/mol. The third-order valence-corrected chi connectivity index (χ3v) is 7.79. The van der Waals surface area contributed by atoms with E-state index in [1.807, 2.05) is 24.3 Å². The lowest BCUT2D eigenvalue weighted by atomic mass is 9.45. The average Bonchev–Trinajstić information content (AvgIpc) is 2.70. The number of carbonyl (C=O) groups excluding carboxylic acids is 1. The van der Waals surface area contributed by atoms with Gasteiger partial charge in [0.05, 0.1) is 0 Å². The Labute approximate surface area is 171 Å². The molecule has 4 saturated carbocycles. The first-order valence-electron chi connectivity index (χ1n) is 10.5. The molecule has 4 aliphatic carbocycles. The van der Waals surface area contributed by atoms with E-state index in [9.17, 15) is 4.79 Å². The van der Waals surface area contributed by atoms with Crippen molar-refractivity contribution in [2.45, 2.75) is 45.1 Å². The molecule has 1 N–H and O–H groups in total. The van der Waals surface area contributed by atoms with Gasteiger partial charge in [-0.2, -0.15) is 0 Å². The molecule has 4 heteroatoms. The van der Waals surface area contributed by atoms with Crippen LogP contribution in [0.5, 0.6) is 0 Å². The molecule has 4 aliphatic rings. The van der Waals surface area contributed by atoms with Gasteiger partial charge in [0.2, 0.25) is 5.91 Å². The number of amides is 1. The highest BCUT2D eigenvalue weighted by Crippen LogP contribution is 2.62. The van der Waals surface area contributed by atoms with Crippen LogP contribution in [0.25, 0.3) is 0 Å². The third kappa shape index (κ3) is 3.34. The molecule has 0 saturated heterocycles. The minimum atomic E-state index is -0.125. The Kier molecular flexibility index (Phi) is 4.66. The van der Waals surface area contributed by atoms with Crippen molar-refractivity contribution in [2.75, 3.05) is 0 Å². The summed E-state index contributed by atoms with van der Waals surface area (Å²) in [6.07, 6.45) is 10.6. The predicted molar refractivity (Wildman–Crippen MR) is 111 cm³/mol. The molecule has 146 valence electrons. The lowest BCUT2D eigenvalue weighted by Crippen LogP contribution is -2.57. The van der Waals surface area contributed by atoms with Crippen molar-refractivity contribution >= 4 is 17.5 Å². The van der Waals surface area contributed by atoms with Crippen molar-refractivity contribution in [3.8, 4) is 0 Å². The minimum Gasteiger partial charge on any atom is -0.352 e. The van der Waals surface area contributed by atoms with Crippen LogP contribution in [0.4, 0.5) is 0 Å². The van der Waals surface area contributed by atoms with Crippen molar-refractivity contribution in [2.24, 2.45) is 29.1 Å². The van der Waals surface area contributed by atoms with Crippen molar-refractivity contribution in [3.63, 3.8) is 0 Å². The number of carbonyl (C=O) groups is 1. The zero-order valence-corrected chi connectivity index (χ0v) is 16.9. The summed E-state index contributed by atoms with van der Waals surface area (Å²) >= 11 is 6.05. The normalized spacial score (nSPS) is 33.0. The SMILES string of the molecule is O=C(NCc1ccncc1)C12CC3CC(C1)C(Cc1ccc(Cl)cc1)C(C3)C2. The van der Waals surface area contributed by atoms with Crippen LogP contribution in [0, 0.1) is 29.1 Å². The Morgan fingerprint density at radius 1 is 1.00 bits per heavy atom. The summed E-state index contributed by atoms with van der Waals surface area (Å²) < 4.78 is 0. The first-order valence-corrected chi connectivity index (χ1v) is 10.9. The highest BCUT2D eigenvalue weighted by atomic mass is 35.5. The smallest absolute Gasteiger partial charge is 0.226 e. The van der Waals surface area contributed by atoms with Crippen LogP contribution < -0.4 is 5.32 Å². The number of hydrogen-bond donors (Lipinski definition) is 1. The fourth-order valence-corrected chi connectivity index (χ4v) is 6.63. The molecule has 3 nitrogen and oxygen atoms in total. The predicted octanol–water partition coefficient (Wildman–Crippen LogP) is 5.04. The first-order chi connectivity index (χ1) is 13.6. The Bertz CT molecular complexity index is 835. The molecule has 1 aromatic heterocycles. The lowest BCUT2D eigenvalue weighted by molar-refractivity contribution is -0.153. The van der Waals surface area contributed by atoms with E-state index in [4.69, 9.17) is 11.6 Å². The van der Waals surface area contributed by atoms with Gasteiger partial charge in [0.25, 0.3) is 0 Å². The number of nitrogens with one attached hydrogen (secondary N) is 1. The van der Waals surface area contributed by atoms with E-state index < -0.39 is 0 Å². The van der Waals surface area contributed by atoms with E-state index in [1.54, 1.807) is 12.4 Å². The van der Waals surface area contributed by atoms with Crippen molar-refractivity contribution in [1.29, 1.82) is 0 Å². The van der Waals surface area contributed by atoms with Crippen LogP contribution in [-0.4, -0.2) is 10.9 Å². The molecule has 0 spiro atoms. The summed E-state index contributed by atoms with van der Waals surface area (Å²) in [5, 5.41) is 4.05. The molecule has 1 heterocycles. The summed E-state index contributed by atoms with van der Waals surface area (Å²) in [7, 11) is 0. The van der Waals surface area contributed by atoms with E-state index in [2.05, 4.69) is 22.4 Å². The Hall–Kier alpha value is -1.87. The van der Waals surface area contributed by atoms with Gasteiger partial charge in [-0.05, 0) is 97.6 Å². The Morgan fingerprint density at radius 3 is 2.36 bits per heavy atom. The molecular formula is C24H27ClN2O. The van der Waals surface area contributed by atoms with Gasteiger partial charge in [-0.3, -0.25) is 9.78 Å². The van der Waals surface area contributed by atoms with Crippen LogP contribution in [0.15, 0.2) is 48.8 Å². The van der Waals surface area contributed by atoms with E-state index in [1.165, 1.54) is 18.4 Å². The Balaban J connectivity index is 1.28. The van der Waals surface area contributed by atoms with Crippen LogP contribution in [-0.2, 0) is 17.8 Å². The third-order valence-electron chi connectivity index (χ3n) is 7.54. The molecule has 0 radical (unpaired) electrons. The fraction of sp³-hybridized carbons (Fsp3) is 0.500. The summed E-state index contributed by atoms with van der Waals surface area (Å²) in [6, 6.07) is 12.3. The van der Waals surface area contributed by atoms with E-state index in [0.717, 1.165) is 48.1 Å². The summed E-state index contributed by atoms with van der Waals surface area (Å²) in [6.45, 7) is 0.608. The van der Waals surface area contributed by atoms with E-state index in [-0.39, 0.29) is 11.3 Å². The molecule has 1 amide bonds. The molecule has 6 rings (SSSR count). The van der Waals surface area contributed by atoms with Gasteiger partial charge in [-0.15, -0.1) is 0 Å². The second kappa shape index (κ2) is 7.18. The summed E-state index contributed by atoms with van der Waals surface area (Å²) in [4.78, 5) is 17.3. The molecule has 2 unspecified atom stereocenters. The van der Waals surface area contributed by atoms with Crippen molar-refractivity contribution in [1.82, 2.24) is 10.3 Å². The molecule has 0 aliphatic heterocycles. The number of benzene rings is 1. The van der Waals surface area contributed by atoms with Gasteiger partial charge >= 0.3 is 0 Å². The molecule has 2 atom stereocenters. The van der Waals surface area contributed by atoms with Gasteiger partial charge < -0.3 is 5.32 Å². The quantitative estimate of drug-likeness (QED) is 0.772. The van der Waals surface area contributed by atoms with Crippen LogP contribution in [0.2, 0.25) is 5.02 Å². The van der Waals surface area contributed by atoms with Gasteiger partial charge in [-0.1, -0.05) is 23.7 Å². The van der Waals surface area contributed by atoms with Gasteiger partial charge in [-0.25, -0.2) is 0 Å². The topological polar surface area (TPSA) is 42.0 Å². The fourth-order valence-electron chi connectivity index (χ4n) is 6.50. The number of hydrogen-bond acceptors (Lipinski definition) is 2. The maximum Gasteiger partial charge on any atom is 0.226 e. The number of rotatable bonds is 5. The maximum atomic E-state index is 13.2. The van der Waals surface area contributed by atoms with Gasteiger partial charge in [0.15, 0.2) is 0 Å². The minimum absolute atomic E-state index is 0.125. The number of nitrogens with zero attached hydrogens (tertiary/aromatic N) is 1. The summed E-state index contributed by atoms with van der Waals surface area (Å²) in [5.74, 6) is 3.13. The van der Waals surface area contributed by atoms with Gasteiger partial charge in [0.1, 0.15) is 0 Å². The molecular weight excluding hydrogens is 368 g/mol. The number of aromatic nitrogens is 1. The lowest BCUT2D eigenvalue weighted by Gasteiger charge is -2.59. The maximum absolute atomic E-state index is 13.2. The standard InChI is InChI=1S/C24H27ClN2O/c25-21-3-1-16(2-4-21)11-22-19-9-18-10-20(22)14-24(12-18,13-19)23(28)27-15-17-5-7-26-8-6-17/h1-8,18-20,22H,9-15H2,(H,27,28). The molecule has 2 aromatic rings.